The van der Waals surface area contributed by atoms with Gasteiger partial charge in [-0.05, 0) is 25.2 Å². The van der Waals surface area contributed by atoms with Crippen molar-refractivity contribution in [2.24, 2.45) is 5.92 Å². The number of aromatic amines is 1. The van der Waals surface area contributed by atoms with Gasteiger partial charge in [-0.25, -0.2) is 4.98 Å². The molecule has 1 unspecified atom stereocenters. The number of H-pyrrole nitrogens is 1. The number of methoxy groups -OCH3 is 1. The topological polar surface area (TPSA) is 58.2 Å². The van der Waals surface area contributed by atoms with Gasteiger partial charge in [-0.15, -0.1) is 0 Å². The smallest absolute Gasteiger partial charge is 0.295 e. The average molecular weight is 237 g/mol. The van der Waals surface area contributed by atoms with E-state index in [9.17, 15) is 4.79 Å². The van der Waals surface area contributed by atoms with E-state index in [1.165, 1.54) is 19.9 Å². The highest BCUT2D eigenvalue weighted by Gasteiger charge is 2.19. The van der Waals surface area contributed by atoms with Crippen LogP contribution in [0.3, 0.4) is 0 Å². The standard InChI is InChI=1S/C12H19N3O2/c1-9-4-3-6-15(7-5-9)11-10(17-2)12(16)14-8-13-11/h8-9H,3-7H2,1-2H3,(H,13,14,16). The third-order valence-electron chi connectivity index (χ3n) is 3.31. The minimum absolute atomic E-state index is 0.213. The van der Waals surface area contributed by atoms with Crippen LogP contribution in [0.5, 0.6) is 5.75 Å². The number of hydrogen-bond acceptors (Lipinski definition) is 4. The maximum atomic E-state index is 11.6. The van der Waals surface area contributed by atoms with Crippen LogP contribution in [0.15, 0.2) is 11.1 Å². The van der Waals surface area contributed by atoms with Gasteiger partial charge in [0.2, 0.25) is 5.75 Å². The van der Waals surface area contributed by atoms with Crippen LogP contribution in [-0.4, -0.2) is 30.2 Å². The fourth-order valence-corrected chi connectivity index (χ4v) is 2.26. The molecule has 94 valence electrons. The highest BCUT2D eigenvalue weighted by molar-refractivity contribution is 5.50. The highest BCUT2D eigenvalue weighted by atomic mass is 16.5. The van der Waals surface area contributed by atoms with Crippen molar-refractivity contribution in [1.29, 1.82) is 0 Å². The molecule has 0 saturated carbocycles. The van der Waals surface area contributed by atoms with Crippen molar-refractivity contribution in [3.05, 3.63) is 16.7 Å². The van der Waals surface area contributed by atoms with Crippen LogP contribution in [0.2, 0.25) is 0 Å². The molecule has 5 heteroatoms. The first kappa shape index (κ1) is 12.0. The summed E-state index contributed by atoms with van der Waals surface area (Å²) in [4.78, 5) is 20.5. The summed E-state index contributed by atoms with van der Waals surface area (Å²) >= 11 is 0. The molecule has 0 amide bonds. The van der Waals surface area contributed by atoms with E-state index in [1.54, 1.807) is 0 Å². The number of anilines is 1. The van der Waals surface area contributed by atoms with E-state index in [0.29, 0.717) is 11.6 Å². The molecule has 1 aromatic rings. The summed E-state index contributed by atoms with van der Waals surface area (Å²) < 4.78 is 5.15. The Bertz CT molecular complexity index is 430. The van der Waals surface area contributed by atoms with E-state index >= 15 is 0 Å². The van der Waals surface area contributed by atoms with E-state index in [4.69, 9.17) is 4.74 Å². The van der Waals surface area contributed by atoms with Gasteiger partial charge in [-0.1, -0.05) is 6.92 Å². The molecule has 0 spiro atoms. The molecule has 5 nitrogen and oxygen atoms in total. The van der Waals surface area contributed by atoms with Crippen LogP contribution in [0.25, 0.3) is 0 Å². The molecule has 17 heavy (non-hydrogen) atoms. The molecule has 1 aromatic heterocycles. The Balaban J connectivity index is 2.27. The SMILES string of the molecule is COc1c(N2CCCC(C)CC2)nc[nH]c1=O. The van der Waals surface area contributed by atoms with Crippen molar-refractivity contribution < 1.29 is 4.74 Å². The van der Waals surface area contributed by atoms with Crippen molar-refractivity contribution in [3.8, 4) is 5.75 Å². The Hall–Kier alpha value is -1.52. The van der Waals surface area contributed by atoms with Gasteiger partial charge in [-0.3, -0.25) is 4.79 Å². The zero-order chi connectivity index (χ0) is 12.3. The summed E-state index contributed by atoms with van der Waals surface area (Å²) in [6.07, 6.45) is 4.95. The molecular weight excluding hydrogens is 218 g/mol. The predicted octanol–water partition coefficient (Wildman–Crippen LogP) is 1.40. The molecule has 0 radical (unpaired) electrons. The van der Waals surface area contributed by atoms with Crippen LogP contribution in [0.1, 0.15) is 26.2 Å². The summed E-state index contributed by atoms with van der Waals surface area (Å²) in [5.74, 6) is 1.74. The van der Waals surface area contributed by atoms with Gasteiger partial charge in [0, 0.05) is 13.1 Å². The second kappa shape index (κ2) is 5.21. The van der Waals surface area contributed by atoms with Crippen molar-refractivity contribution >= 4 is 5.82 Å². The van der Waals surface area contributed by atoms with Gasteiger partial charge in [0.1, 0.15) is 0 Å². The summed E-state index contributed by atoms with van der Waals surface area (Å²) in [6, 6.07) is 0. The number of aromatic nitrogens is 2. The monoisotopic (exact) mass is 237 g/mol. The van der Waals surface area contributed by atoms with Crippen molar-refractivity contribution in [2.45, 2.75) is 26.2 Å². The summed E-state index contributed by atoms with van der Waals surface area (Å²) in [5.41, 5.74) is -0.213. The lowest BCUT2D eigenvalue weighted by molar-refractivity contribution is 0.405. The Morgan fingerprint density at radius 1 is 1.47 bits per heavy atom. The summed E-state index contributed by atoms with van der Waals surface area (Å²) in [5, 5.41) is 0. The minimum Gasteiger partial charge on any atom is -0.489 e. The van der Waals surface area contributed by atoms with Crippen molar-refractivity contribution in [3.63, 3.8) is 0 Å². The predicted molar refractivity (Wildman–Crippen MR) is 66.6 cm³/mol. The first-order valence-electron chi connectivity index (χ1n) is 6.09. The number of rotatable bonds is 2. The number of ether oxygens (including phenoxy) is 1. The lowest BCUT2D eigenvalue weighted by Crippen LogP contribution is -2.28. The number of hydrogen-bond donors (Lipinski definition) is 1. The molecule has 1 N–H and O–H groups in total. The quantitative estimate of drug-likeness (QED) is 0.844. The van der Waals surface area contributed by atoms with Crippen molar-refractivity contribution in [2.75, 3.05) is 25.1 Å². The van der Waals surface area contributed by atoms with Crippen molar-refractivity contribution in [1.82, 2.24) is 9.97 Å². The highest BCUT2D eigenvalue weighted by Crippen LogP contribution is 2.25. The number of nitrogens with zero attached hydrogens (tertiary/aromatic N) is 2. The first-order chi connectivity index (χ1) is 8.22. The molecule has 0 bridgehead atoms. The molecule has 2 rings (SSSR count). The number of nitrogens with one attached hydrogen (secondary N) is 1. The molecule has 0 aromatic carbocycles. The summed E-state index contributed by atoms with van der Waals surface area (Å²) in [6.45, 7) is 4.15. The van der Waals surface area contributed by atoms with Crippen LogP contribution in [-0.2, 0) is 0 Å². The molecule has 1 aliphatic heterocycles. The average Bonchev–Trinajstić information content (AvgIpc) is 2.54. The molecule has 0 aliphatic carbocycles. The lowest BCUT2D eigenvalue weighted by Gasteiger charge is -2.22. The van der Waals surface area contributed by atoms with Crippen LogP contribution in [0, 0.1) is 5.92 Å². The molecular formula is C12H19N3O2. The summed E-state index contributed by atoms with van der Waals surface area (Å²) in [7, 11) is 1.51. The van der Waals surface area contributed by atoms with Gasteiger partial charge in [0.25, 0.3) is 5.56 Å². The van der Waals surface area contributed by atoms with Gasteiger partial charge in [0.15, 0.2) is 5.82 Å². The second-order valence-corrected chi connectivity index (χ2v) is 4.61. The van der Waals surface area contributed by atoms with Gasteiger partial charge in [0.05, 0.1) is 13.4 Å². The molecule has 1 fully saturated rings. The second-order valence-electron chi connectivity index (χ2n) is 4.61. The Morgan fingerprint density at radius 3 is 3.06 bits per heavy atom. The largest absolute Gasteiger partial charge is 0.489 e. The third-order valence-corrected chi connectivity index (χ3v) is 3.31. The maximum Gasteiger partial charge on any atom is 0.295 e. The van der Waals surface area contributed by atoms with Gasteiger partial charge in [-0.2, -0.15) is 0 Å². The van der Waals surface area contributed by atoms with Gasteiger partial charge >= 0.3 is 0 Å². The molecule has 2 heterocycles. The van der Waals surface area contributed by atoms with E-state index in [0.717, 1.165) is 31.8 Å². The van der Waals surface area contributed by atoms with E-state index in [1.807, 2.05) is 0 Å². The molecule has 1 atom stereocenters. The fraction of sp³-hybridized carbons (Fsp3) is 0.667. The van der Waals surface area contributed by atoms with Crippen LogP contribution < -0.4 is 15.2 Å². The Kier molecular flexibility index (Phi) is 3.66. The van der Waals surface area contributed by atoms with Crippen LogP contribution >= 0.6 is 0 Å². The lowest BCUT2D eigenvalue weighted by atomic mass is 10.0. The molecule has 1 aliphatic rings. The zero-order valence-corrected chi connectivity index (χ0v) is 10.4. The van der Waals surface area contributed by atoms with E-state index in [-0.39, 0.29) is 5.56 Å². The normalized spacial score (nSPS) is 21.1. The minimum atomic E-state index is -0.213. The Labute approximate surface area is 101 Å². The van der Waals surface area contributed by atoms with E-state index < -0.39 is 0 Å². The maximum absolute atomic E-state index is 11.6. The fourth-order valence-electron chi connectivity index (χ4n) is 2.26. The molecule has 1 saturated heterocycles. The van der Waals surface area contributed by atoms with Gasteiger partial charge < -0.3 is 14.6 Å². The Morgan fingerprint density at radius 2 is 2.29 bits per heavy atom. The first-order valence-corrected chi connectivity index (χ1v) is 6.09. The van der Waals surface area contributed by atoms with E-state index in [2.05, 4.69) is 21.8 Å². The third kappa shape index (κ3) is 2.60. The zero-order valence-electron chi connectivity index (χ0n) is 10.4. The van der Waals surface area contributed by atoms with Crippen LogP contribution in [0.4, 0.5) is 5.82 Å².